The molecule has 0 radical (unpaired) electrons. The number of Topliss-reactive ketones (excluding diaryl/α,β-unsaturated/α-hetero) is 1. The number of esters is 5. The number of carbonyl (C=O) groups excluding carboxylic acids is 7. The molecule has 26 atom stereocenters. The smallest absolute Gasteiger partial charge is 0.338 e. The lowest BCUT2D eigenvalue weighted by Gasteiger charge is -2.68. The van der Waals surface area contributed by atoms with Crippen LogP contribution in [0.1, 0.15) is 145 Å². The Kier molecular flexibility index (Phi) is 23.4. The Morgan fingerprint density at radius 3 is 1.97 bits per heavy atom. The second kappa shape index (κ2) is 31.7. The van der Waals surface area contributed by atoms with Gasteiger partial charge in [-0.05, 0) is 111 Å². The van der Waals surface area contributed by atoms with E-state index in [2.05, 4.69) is 10.3 Å². The lowest BCUT2D eigenvalue weighted by Crippen LogP contribution is -2.82. The molecule has 33 nitrogen and oxygen atoms in total. The number of aliphatic hydroxyl groups excluding tert-OH is 8. The molecule has 1 amide bonds. The molecule has 117 heavy (non-hydrogen) atoms. The maximum atomic E-state index is 15.5. The topological polar surface area (TPSA) is 490 Å². The molecule has 10 aliphatic rings. The molecule has 6 saturated carbocycles. The summed E-state index contributed by atoms with van der Waals surface area (Å²) in [5, 5.41) is 130. The molecule has 5 heterocycles. The Hall–Kier alpha value is -8.78. The van der Waals surface area contributed by atoms with Gasteiger partial charge in [0, 0.05) is 89.1 Å². The zero-order chi connectivity index (χ0) is 85.1. The number of fused-ring (bicyclic) bond motifs is 11. The van der Waals surface area contributed by atoms with Gasteiger partial charge in [0.05, 0.1) is 89.6 Å². The zero-order valence-corrected chi connectivity index (χ0v) is 66.9. The normalized spacial score (nSPS) is 38.1. The highest BCUT2D eigenvalue weighted by molar-refractivity contribution is 5.96. The molecular formula is C84H105N5O28. The third kappa shape index (κ3) is 14.0. The quantitative estimate of drug-likeness (QED) is 0.0321. The number of amides is 1. The van der Waals surface area contributed by atoms with E-state index in [0.29, 0.717) is 36.0 Å². The molecule has 33 heteroatoms. The van der Waals surface area contributed by atoms with Gasteiger partial charge in [-0.15, -0.1) is 0 Å². The van der Waals surface area contributed by atoms with Gasteiger partial charge in [0.2, 0.25) is 0 Å². The van der Waals surface area contributed by atoms with Crippen molar-refractivity contribution in [1.29, 1.82) is 0 Å². The van der Waals surface area contributed by atoms with Gasteiger partial charge in [0.25, 0.3) is 11.5 Å². The fraction of sp³-hybridized carbons (Fsp3) is 0.595. The molecule has 5 aromatic rings. The second-order valence-corrected chi connectivity index (χ2v) is 34.4. The van der Waals surface area contributed by atoms with E-state index in [-0.39, 0.29) is 84.8 Å². The fourth-order valence-corrected chi connectivity index (χ4v) is 21.7. The zero-order valence-electron chi connectivity index (χ0n) is 66.9. The van der Waals surface area contributed by atoms with Crippen LogP contribution in [0.15, 0.2) is 130 Å². The first kappa shape index (κ1) is 86.1. The number of carbonyl (C=O) groups is 7. The van der Waals surface area contributed by atoms with Crippen LogP contribution in [0.5, 0.6) is 0 Å². The van der Waals surface area contributed by atoms with Crippen molar-refractivity contribution >= 4 is 52.7 Å². The van der Waals surface area contributed by atoms with Crippen LogP contribution in [-0.2, 0) is 83.0 Å². The summed E-state index contributed by atoms with van der Waals surface area (Å²) in [7, 11) is 4.77. The molecule has 2 aromatic heterocycles. The van der Waals surface area contributed by atoms with E-state index in [4.69, 9.17) is 37.9 Å². The fourth-order valence-electron chi connectivity index (χ4n) is 21.7. The van der Waals surface area contributed by atoms with Crippen LogP contribution in [0.4, 0.5) is 0 Å². The number of imidazole rings is 1. The van der Waals surface area contributed by atoms with Gasteiger partial charge in [-0.1, -0.05) is 87.5 Å². The maximum Gasteiger partial charge on any atom is 0.338 e. The molecule has 3 aromatic carbocycles. The number of ether oxygens (including phenoxy) is 8. The maximum absolute atomic E-state index is 15.5. The van der Waals surface area contributed by atoms with Gasteiger partial charge in [0.1, 0.15) is 48.8 Å². The lowest BCUT2D eigenvalue weighted by atomic mass is 9.40. The number of aryl methyl sites for hydroxylation is 2. The van der Waals surface area contributed by atoms with E-state index in [0.717, 1.165) is 24.0 Å². The molecule has 0 unspecified atom stereocenters. The molecule has 3 aliphatic heterocycles. The van der Waals surface area contributed by atoms with Crippen molar-refractivity contribution in [1.82, 2.24) is 24.0 Å². The number of aliphatic hydroxyl groups is 11. The van der Waals surface area contributed by atoms with Crippen molar-refractivity contribution in [3.8, 4) is 0 Å². The van der Waals surface area contributed by atoms with Crippen LogP contribution in [0.2, 0.25) is 0 Å². The first-order valence-corrected chi connectivity index (χ1v) is 39.4. The van der Waals surface area contributed by atoms with Gasteiger partial charge < -0.3 is 104 Å². The van der Waals surface area contributed by atoms with Crippen LogP contribution in [0, 0.1) is 45.3 Å². The van der Waals surface area contributed by atoms with Gasteiger partial charge in [-0.25, -0.2) is 24.2 Å². The molecule has 15 rings (SSSR count). The average Bonchev–Trinajstić information content (AvgIpc) is 1.67. The summed E-state index contributed by atoms with van der Waals surface area (Å²) in [6.45, 7) is 11.0. The Morgan fingerprint density at radius 2 is 1.38 bits per heavy atom. The summed E-state index contributed by atoms with van der Waals surface area (Å²) in [6, 6.07) is 22.9. The number of nitrogens with zero attached hydrogens (tertiary/aromatic N) is 4. The summed E-state index contributed by atoms with van der Waals surface area (Å²) < 4.78 is 51.0. The molecule has 634 valence electrons. The first-order chi connectivity index (χ1) is 55.0. The van der Waals surface area contributed by atoms with Crippen molar-refractivity contribution in [2.24, 2.45) is 66.5 Å². The lowest BCUT2D eigenvalue weighted by molar-refractivity contribution is -0.346. The molecule has 2 bridgehead atoms. The molecule has 12 N–H and O–H groups in total. The number of nitrogens with one attached hydrogen (secondary N) is 1. The summed E-state index contributed by atoms with van der Waals surface area (Å²) >= 11 is 0. The average molecular weight is 1630 g/mol. The number of rotatable bonds is 14. The number of ketones is 1. The monoisotopic (exact) mass is 1630 g/mol. The minimum atomic E-state index is -2.39. The Balaban J connectivity index is 0.000000183. The van der Waals surface area contributed by atoms with E-state index in [1.165, 1.54) is 56.9 Å². The Morgan fingerprint density at radius 1 is 0.735 bits per heavy atom. The minimum Gasteiger partial charge on any atom is -0.458 e. The van der Waals surface area contributed by atoms with Crippen LogP contribution in [-0.4, -0.2) is 244 Å². The Labute approximate surface area is 672 Å². The van der Waals surface area contributed by atoms with Crippen molar-refractivity contribution in [2.75, 3.05) is 19.8 Å². The van der Waals surface area contributed by atoms with Gasteiger partial charge >= 0.3 is 35.5 Å². The summed E-state index contributed by atoms with van der Waals surface area (Å²) in [6.07, 6.45) is -15.7. The number of hydrogen-bond donors (Lipinski definition) is 12. The molecule has 2 saturated heterocycles. The van der Waals surface area contributed by atoms with Gasteiger partial charge in [-0.2, -0.15) is 0 Å². The highest BCUT2D eigenvalue weighted by Gasteiger charge is 2.80. The van der Waals surface area contributed by atoms with Crippen molar-refractivity contribution in [3.05, 3.63) is 158 Å². The van der Waals surface area contributed by atoms with E-state index in [1.54, 1.807) is 111 Å². The molecule has 8 fully saturated rings. The largest absolute Gasteiger partial charge is 0.458 e. The SMILES string of the molecule is CC(=O)O[C@H]1C(=O)[C@@]2(C)[C@H]([C@H](OC(=O)c3ccccc3)[C@]3(O)C[C@H](OC(=O)[C@H](O)[C@@H](NC(=O)c4ccccc4)c4ccccc4)C(C)=C1C3(C)C)[C@]1(OC(C)=O)CO[C@@H]1C[C@@H]2O.C[C@@H]1O[C@@H](O[C@H]2C[C@@H](O)[C@]3(CO)[C@H]4[C@H](O)C[C@]5(C)[C@@H](C6=CC(=O)OC6)CC[C@]5(O)[C@@H]4CC[C@]3(O)C2)[C@H](O)[C@H](O)[C@H]1O.Cn1c(=O)c2c(ncn2C)n(C)c1=O. The minimum absolute atomic E-state index is 0.00289. The molecule has 7 aliphatic carbocycles. The van der Waals surface area contributed by atoms with E-state index in [9.17, 15) is 94.5 Å². The number of aromatic nitrogens is 4. The highest BCUT2D eigenvalue weighted by atomic mass is 16.7. The molecular weight excluding hydrogens is 1530 g/mol. The van der Waals surface area contributed by atoms with Gasteiger partial charge in [-0.3, -0.25) is 33.1 Å². The van der Waals surface area contributed by atoms with Crippen molar-refractivity contribution in [3.63, 3.8) is 0 Å². The standard InChI is InChI=1S/C47H51NO14.C29H44O12.C8H10N4O2/c1-25-31(60-43(56)36(52)35(28-16-10-7-11-17-28)48-41(54)29-18-12-8-13-19-29)23-47(57)40(61-42(55)30-20-14-9-15-21-30)38-45(6,32(51)22-33-46(38,24-58-33)62-27(3)50)39(53)37(59-26(2)49)34(25)44(47,4)5;1-13-22(34)23(35)24(36)25(40-13)41-15-8-19(32)28(12-30)21-17(3-5-27(28,37)9-15)29(38)6-4-16(14-7-20(33)39-11-14)26(29,2)10-18(21)31;1-10-4-9-6-5(10)7(13)12(3)8(14)11(6)2/h7-21,31-33,35-38,40,51-52,57H,22-24H2,1-6H3,(H,48,54);7,13,15-19,21-25,30-32,34-38H,3-6,8-12H2,1-2H3;4H,1-3H3/t31-,32-,33+,35-,36+,37+,38-,40-,45+,46-,47+;13-,15-,16+,17+,18+,19+,21+,22-,23+,24+,25-,26+,27-,28+,29-;/m00./s1. The summed E-state index contributed by atoms with van der Waals surface area (Å²) in [5.41, 5.74) is -11.3. The number of hydrogen-bond acceptors (Lipinski definition) is 29. The number of cyclic esters (lactones) is 1. The second-order valence-electron chi connectivity index (χ2n) is 34.4. The number of benzene rings is 3. The predicted molar refractivity (Wildman–Crippen MR) is 407 cm³/mol. The molecule has 0 spiro atoms. The van der Waals surface area contributed by atoms with Crippen LogP contribution >= 0.6 is 0 Å². The van der Waals surface area contributed by atoms with Crippen LogP contribution in [0.3, 0.4) is 0 Å². The van der Waals surface area contributed by atoms with E-state index in [1.807, 2.05) is 6.92 Å². The highest BCUT2D eigenvalue weighted by Crippen LogP contribution is 2.71. The first-order valence-electron chi connectivity index (χ1n) is 39.4. The Bertz CT molecular complexity index is 4860. The third-order valence-corrected chi connectivity index (χ3v) is 28.0. The predicted octanol–water partition coefficient (Wildman–Crippen LogP) is 1.19. The van der Waals surface area contributed by atoms with E-state index < -0.39 is 208 Å². The van der Waals surface area contributed by atoms with Crippen molar-refractivity contribution in [2.45, 2.75) is 227 Å². The van der Waals surface area contributed by atoms with Crippen LogP contribution < -0.4 is 16.6 Å². The summed E-state index contributed by atoms with van der Waals surface area (Å²) in [4.78, 5) is 122. The van der Waals surface area contributed by atoms with E-state index >= 15 is 4.79 Å². The van der Waals surface area contributed by atoms with Gasteiger partial charge in [0.15, 0.2) is 41.0 Å². The third-order valence-electron chi connectivity index (χ3n) is 28.0. The van der Waals surface area contributed by atoms with Crippen LogP contribution in [0.25, 0.3) is 11.2 Å². The summed E-state index contributed by atoms with van der Waals surface area (Å²) in [5.74, 6) is -8.77. The van der Waals surface area contributed by atoms with Crippen molar-refractivity contribution < 1.29 is 128 Å².